The van der Waals surface area contributed by atoms with Gasteiger partial charge in [0.05, 0.1) is 6.54 Å². The molecule has 4 unspecified atom stereocenters. The van der Waals surface area contributed by atoms with Crippen molar-refractivity contribution >= 4 is 13.7 Å². The quantitative estimate of drug-likeness (QED) is 0.0595. The molecule has 1 N–H and O–H groups in total. The van der Waals surface area contributed by atoms with Crippen LogP contribution in [0.25, 0.3) is 0 Å². The summed E-state index contributed by atoms with van der Waals surface area (Å²) in [4.78, 5) is 17.6. The fourth-order valence-electron chi connectivity index (χ4n) is 6.01. The highest BCUT2D eigenvalue weighted by atomic mass is 31.1. The van der Waals surface area contributed by atoms with E-state index in [4.69, 9.17) is 0 Å². The molecule has 0 aliphatic carbocycles. The molecule has 43 heavy (non-hydrogen) atoms. The molecule has 0 radical (unpaired) electrons. The number of carbonyl (C=O) groups is 1. The average Bonchev–Trinajstić information content (AvgIpc) is 2.97. The molecule has 0 fully saturated rings. The molecule has 0 bridgehead atoms. The Morgan fingerprint density at radius 2 is 1.05 bits per heavy atom. The normalized spacial score (nSPS) is 14.2. The molecule has 0 aromatic rings. The van der Waals surface area contributed by atoms with Gasteiger partial charge in [0.2, 0.25) is 5.91 Å². The predicted octanol–water partition coefficient (Wildman–Crippen LogP) is 10.6. The Labute approximate surface area is 270 Å². The van der Waals surface area contributed by atoms with Gasteiger partial charge in [0, 0.05) is 18.5 Å². The van der Waals surface area contributed by atoms with Crippen LogP contribution in [-0.2, 0) is 9.36 Å². The minimum absolute atomic E-state index is 0.0245. The van der Waals surface area contributed by atoms with Crippen molar-refractivity contribution in [2.45, 2.75) is 188 Å². The Morgan fingerprint density at radius 3 is 1.47 bits per heavy atom. The molecule has 0 saturated heterocycles. The number of hydrogen-bond donors (Lipinski definition) is 1. The topological polar surface area (TPSA) is 60.9 Å². The number of unbranched alkanes of at least 4 members (excludes halogenated alkanes) is 19. The van der Waals surface area contributed by atoms with Crippen LogP contribution in [0, 0.1) is 5.92 Å². The van der Waals surface area contributed by atoms with Gasteiger partial charge in [-0.3, -0.25) is 4.79 Å². The predicted molar refractivity (Wildman–Crippen MR) is 190 cm³/mol. The van der Waals surface area contributed by atoms with Gasteiger partial charge in [-0.1, -0.05) is 160 Å². The van der Waals surface area contributed by atoms with Crippen LogP contribution in [0.1, 0.15) is 175 Å². The molecular formula is C37H76N2O3P+. The summed E-state index contributed by atoms with van der Waals surface area (Å²) in [6, 6.07) is 0.107. The summed E-state index contributed by atoms with van der Waals surface area (Å²) in [7, 11) is 2.49. The second kappa shape index (κ2) is 30.2. The van der Waals surface area contributed by atoms with E-state index in [2.05, 4.69) is 27.7 Å². The molecule has 0 aromatic heterocycles. The first-order valence-electron chi connectivity index (χ1n) is 18.8. The summed E-state index contributed by atoms with van der Waals surface area (Å²) >= 11 is 0. The monoisotopic (exact) mass is 628 g/mol. The van der Waals surface area contributed by atoms with Crippen LogP contribution < -0.4 is 0 Å². The molecule has 0 heterocycles. The number of aliphatic hydroxyl groups is 1. The maximum atomic E-state index is 13.6. The standard InChI is InChI=1S/C37H76N2O3P/c1-7-9-11-13-15-17-19-21-23-25-27-29-35(4)39(32-36(40)33-43(42)31-30-38(5)6)37(41)34(3)28-26-24-22-20-18-16-14-12-10-8-2/h34-36,40H,7-33H2,1-6H3/q+1. The fourth-order valence-corrected chi connectivity index (χ4v) is 7.41. The van der Waals surface area contributed by atoms with Crippen LogP contribution in [0.4, 0.5) is 0 Å². The lowest BCUT2D eigenvalue weighted by molar-refractivity contribution is -0.139. The summed E-state index contributed by atoms with van der Waals surface area (Å²) in [6.07, 6.45) is 29.6. The SMILES string of the molecule is CCCCCCCCCCCCCC(C)N(CC(O)C[P+](=O)CCN(C)C)C(=O)C(C)CCCCCCCCCCCC. The van der Waals surface area contributed by atoms with Crippen molar-refractivity contribution in [3.8, 4) is 0 Å². The summed E-state index contributed by atoms with van der Waals surface area (Å²) in [5.41, 5.74) is 0. The number of amides is 1. The van der Waals surface area contributed by atoms with E-state index in [0.29, 0.717) is 12.7 Å². The Hall–Kier alpha value is -0.510. The van der Waals surface area contributed by atoms with Gasteiger partial charge in [0.1, 0.15) is 6.10 Å². The van der Waals surface area contributed by atoms with E-state index in [1.54, 1.807) is 0 Å². The highest BCUT2D eigenvalue weighted by Crippen LogP contribution is 2.24. The molecule has 0 aromatic carbocycles. The minimum atomic E-state index is -1.46. The van der Waals surface area contributed by atoms with Gasteiger partial charge in [-0.2, -0.15) is 0 Å². The molecule has 0 saturated carbocycles. The number of nitrogens with zero attached hydrogens (tertiary/aromatic N) is 2. The van der Waals surface area contributed by atoms with Crippen molar-refractivity contribution < 1.29 is 14.5 Å². The lowest BCUT2D eigenvalue weighted by Gasteiger charge is -2.33. The van der Waals surface area contributed by atoms with E-state index in [0.717, 1.165) is 32.2 Å². The molecule has 1 amide bonds. The molecule has 0 spiro atoms. The largest absolute Gasteiger partial charge is 0.387 e. The van der Waals surface area contributed by atoms with Gasteiger partial charge in [-0.25, -0.2) is 0 Å². The molecule has 4 atom stereocenters. The lowest BCUT2D eigenvalue weighted by Crippen LogP contribution is -2.46. The zero-order valence-electron chi connectivity index (χ0n) is 29.9. The van der Waals surface area contributed by atoms with Crippen molar-refractivity contribution in [2.75, 3.05) is 39.5 Å². The second-order valence-corrected chi connectivity index (χ2v) is 15.7. The van der Waals surface area contributed by atoms with Crippen LogP contribution in [-0.4, -0.2) is 72.5 Å². The number of carbonyl (C=O) groups excluding carboxylic acids is 1. The maximum Gasteiger partial charge on any atom is 0.342 e. The molecule has 256 valence electrons. The van der Waals surface area contributed by atoms with E-state index in [9.17, 15) is 14.5 Å². The van der Waals surface area contributed by atoms with E-state index in [1.165, 1.54) is 122 Å². The first-order valence-corrected chi connectivity index (χ1v) is 20.4. The Balaban J connectivity index is 4.62. The lowest BCUT2D eigenvalue weighted by atomic mass is 9.98. The zero-order valence-corrected chi connectivity index (χ0v) is 30.8. The van der Waals surface area contributed by atoms with Crippen molar-refractivity contribution in [3.05, 3.63) is 0 Å². The maximum absolute atomic E-state index is 13.6. The highest BCUT2D eigenvalue weighted by Gasteiger charge is 2.29. The fraction of sp³-hybridized carbons (Fsp3) is 0.973. The molecule has 0 aliphatic rings. The van der Waals surface area contributed by atoms with Gasteiger partial charge < -0.3 is 14.9 Å². The first kappa shape index (κ1) is 42.5. The van der Waals surface area contributed by atoms with Gasteiger partial charge in [-0.05, 0) is 33.9 Å². The number of aliphatic hydroxyl groups excluding tert-OH is 1. The van der Waals surface area contributed by atoms with Gasteiger partial charge in [0.15, 0.2) is 12.3 Å². The van der Waals surface area contributed by atoms with Crippen molar-refractivity contribution in [1.82, 2.24) is 9.80 Å². The summed E-state index contributed by atoms with van der Waals surface area (Å²) in [5.74, 6) is 0.151. The molecule has 6 heteroatoms. The zero-order chi connectivity index (χ0) is 32.1. The van der Waals surface area contributed by atoms with Crippen molar-refractivity contribution in [1.29, 1.82) is 0 Å². The number of hydrogen-bond acceptors (Lipinski definition) is 4. The average molecular weight is 628 g/mol. The molecular weight excluding hydrogens is 551 g/mol. The smallest absolute Gasteiger partial charge is 0.342 e. The van der Waals surface area contributed by atoms with Gasteiger partial charge >= 0.3 is 7.80 Å². The van der Waals surface area contributed by atoms with Crippen LogP contribution in [0.5, 0.6) is 0 Å². The second-order valence-electron chi connectivity index (χ2n) is 13.9. The minimum Gasteiger partial charge on any atom is -0.387 e. The van der Waals surface area contributed by atoms with Crippen molar-refractivity contribution in [2.24, 2.45) is 5.92 Å². The third kappa shape index (κ3) is 26.4. The van der Waals surface area contributed by atoms with Crippen LogP contribution in [0.15, 0.2) is 0 Å². The Bertz CT molecular complexity index is 645. The Kier molecular flexibility index (Phi) is 29.8. The Morgan fingerprint density at radius 1 is 0.651 bits per heavy atom. The van der Waals surface area contributed by atoms with Gasteiger partial charge in [-0.15, -0.1) is 0 Å². The molecule has 0 aliphatic heterocycles. The summed E-state index contributed by atoms with van der Waals surface area (Å²) in [5, 5.41) is 10.9. The van der Waals surface area contributed by atoms with E-state index >= 15 is 0 Å². The van der Waals surface area contributed by atoms with Gasteiger partial charge in [0.25, 0.3) is 0 Å². The molecule has 0 rings (SSSR count). The van der Waals surface area contributed by atoms with Crippen LogP contribution in [0.2, 0.25) is 0 Å². The van der Waals surface area contributed by atoms with Crippen LogP contribution >= 0.6 is 7.80 Å². The van der Waals surface area contributed by atoms with E-state index in [1.807, 2.05) is 23.9 Å². The van der Waals surface area contributed by atoms with E-state index < -0.39 is 13.9 Å². The molecule has 5 nitrogen and oxygen atoms in total. The highest BCUT2D eigenvalue weighted by molar-refractivity contribution is 7.44. The third-order valence-corrected chi connectivity index (χ3v) is 10.6. The van der Waals surface area contributed by atoms with Crippen molar-refractivity contribution in [3.63, 3.8) is 0 Å². The summed E-state index contributed by atoms with van der Waals surface area (Å²) in [6.45, 7) is 9.83. The summed E-state index contributed by atoms with van der Waals surface area (Å²) < 4.78 is 12.6. The first-order chi connectivity index (χ1) is 20.7. The number of rotatable bonds is 32. The van der Waals surface area contributed by atoms with Crippen LogP contribution in [0.3, 0.4) is 0 Å². The third-order valence-electron chi connectivity index (χ3n) is 9.07. The van der Waals surface area contributed by atoms with E-state index in [-0.39, 0.29) is 24.0 Å².